The first kappa shape index (κ1) is 19.3. The number of imidazole rings is 1. The summed E-state index contributed by atoms with van der Waals surface area (Å²) in [4.78, 5) is 22.4. The second-order valence-electron chi connectivity index (χ2n) is 7.68. The Balaban J connectivity index is 1.66. The first-order valence-electron chi connectivity index (χ1n) is 10.2. The average molecular weight is 419 g/mol. The van der Waals surface area contributed by atoms with E-state index in [1.54, 1.807) is 35.1 Å². The highest BCUT2D eigenvalue weighted by atomic mass is 19.1. The zero-order chi connectivity index (χ0) is 21.7. The molecule has 8 heteroatoms. The molecule has 1 N–H and O–H groups in total. The summed E-state index contributed by atoms with van der Waals surface area (Å²) >= 11 is 0. The molecule has 5 rings (SSSR count). The number of ether oxygens (including phenoxy) is 1. The minimum absolute atomic E-state index is 0.260. The molecule has 158 valence electrons. The maximum absolute atomic E-state index is 15.3. The number of fused-ring (bicyclic) bond motifs is 2. The van der Waals surface area contributed by atoms with Crippen molar-refractivity contribution >= 4 is 22.6 Å². The van der Waals surface area contributed by atoms with E-state index in [1.165, 1.54) is 6.07 Å². The number of hydrogen-bond acceptors (Lipinski definition) is 4. The summed E-state index contributed by atoms with van der Waals surface area (Å²) in [5, 5.41) is 4.42. The summed E-state index contributed by atoms with van der Waals surface area (Å²) in [7, 11) is 1.79. The van der Waals surface area contributed by atoms with E-state index in [-0.39, 0.29) is 5.91 Å². The van der Waals surface area contributed by atoms with Gasteiger partial charge in [0.15, 0.2) is 5.69 Å². The molecule has 1 atom stereocenters. The summed E-state index contributed by atoms with van der Waals surface area (Å²) in [6, 6.07) is 9.72. The summed E-state index contributed by atoms with van der Waals surface area (Å²) in [6.07, 6.45) is 2.44. The molecule has 4 aromatic rings. The number of H-pyrrole nitrogens is 1. The number of carbonyl (C=O) groups is 1. The van der Waals surface area contributed by atoms with Crippen molar-refractivity contribution in [3.8, 4) is 5.75 Å². The largest absolute Gasteiger partial charge is 0.494 e. The molecule has 0 radical (unpaired) electrons. The van der Waals surface area contributed by atoms with E-state index in [0.29, 0.717) is 29.3 Å². The van der Waals surface area contributed by atoms with Gasteiger partial charge in [-0.15, -0.1) is 0 Å². The van der Waals surface area contributed by atoms with E-state index in [1.807, 2.05) is 32.0 Å². The van der Waals surface area contributed by atoms with Crippen molar-refractivity contribution in [2.45, 2.75) is 26.3 Å². The SMILES string of the molecule is CCCOc1ccc(C2c3c(nn(C)c3C)C(=O)N2c2ccc3[nH]cnc3c2)c(F)c1. The molecule has 0 saturated heterocycles. The number of halogens is 1. The van der Waals surface area contributed by atoms with Crippen molar-refractivity contribution in [3.05, 3.63) is 71.1 Å². The fourth-order valence-corrected chi connectivity index (χ4v) is 4.14. The lowest BCUT2D eigenvalue weighted by atomic mass is 9.98. The summed E-state index contributed by atoms with van der Waals surface area (Å²) < 4.78 is 22.6. The second kappa shape index (κ2) is 7.23. The molecule has 2 aromatic carbocycles. The predicted molar refractivity (Wildman–Crippen MR) is 115 cm³/mol. The van der Waals surface area contributed by atoms with Crippen molar-refractivity contribution in [2.75, 3.05) is 11.5 Å². The first-order valence-corrected chi connectivity index (χ1v) is 10.2. The highest BCUT2D eigenvalue weighted by Crippen LogP contribution is 2.44. The number of anilines is 1. The van der Waals surface area contributed by atoms with Crippen LogP contribution < -0.4 is 9.64 Å². The Labute approximate surface area is 178 Å². The van der Waals surface area contributed by atoms with Crippen LogP contribution in [0.2, 0.25) is 0 Å². The molecule has 0 fully saturated rings. The fraction of sp³-hybridized carbons (Fsp3) is 0.261. The van der Waals surface area contributed by atoms with E-state index < -0.39 is 11.9 Å². The third-order valence-electron chi connectivity index (χ3n) is 5.76. The molecule has 0 aliphatic carbocycles. The number of amides is 1. The lowest BCUT2D eigenvalue weighted by Crippen LogP contribution is -2.30. The van der Waals surface area contributed by atoms with E-state index in [2.05, 4.69) is 15.1 Å². The van der Waals surface area contributed by atoms with Crippen molar-refractivity contribution in [2.24, 2.45) is 7.05 Å². The molecule has 3 heterocycles. The van der Waals surface area contributed by atoms with Crippen molar-refractivity contribution < 1.29 is 13.9 Å². The maximum Gasteiger partial charge on any atom is 0.280 e. The number of nitrogens with one attached hydrogen (secondary N) is 1. The Morgan fingerprint density at radius 1 is 1.23 bits per heavy atom. The van der Waals surface area contributed by atoms with Gasteiger partial charge in [0.05, 0.1) is 30.0 Å². The summed E-state index contributed by atoms with van der Waals surface area (Å²) in [5.74, 6) is -0.210. The number of hydrogen-bond donors (Lipinski definition) is 1. The molecule has 1 unspecified atom stereocenters. The number of carbonyl (C=O) groups excluding carboxylic acids is 1. The standard InChI is InChI=1S/C23H22FN5O2/c1-4-9-31-15-6-7-16(17(24)11-15)22-20-13(2)28(3)27-21(20)23(30)29(22)14-5-8-18-19(10-14)26-12-25-18/h5-8,10-12,22H,4,9H2,1-3H3,(H,25,26). The Kier molecular flexibility index (Phi) is 4.50. The van der Waals surface area contributed by atoms with Crippen molar-refractivity contribution in [1.29, 1.82) is 0 Å². The van der Waals surface area contributed by atoms with Crippen LogP contribution in [0, 0.1) is 12.7 Å². The Bertz CT molecular complexity index is 1310. The van der Waals surface area contributed by atoms with Crippen LogP contribution in [-0.4, -0.2) is 32.3 Å². The maximum atomic E-state index is 15.3. The van der Waals surface area contributed by atoms with Gasteiger partial charge >= 0.3 is 0 Å². The van der Waals surface area contributed by atoms with Gasteiger partial charge in [-0.25, -0.2) is 9.37 Å². The number of benzene rings is 2. The normalized spacial score (nSPS) is 15.7. The molecule has 2 aromatic heterocycles. The van der Waals surface area contributed by atoms with Crippen molar-refractivity contribution in [3.63, 3.8) is 0 Å². The third kappa shape index (κ3) is 2.98. The Morgan fingerprint density at radius 2 is 2.06 bits per heavy atom. The number of rotatable bonds is 5. The van der Waals surface area contributed by atoms with Gasteiger partial charge in [0.25, 0.3) is 5.91 Å². The molecule has 1 amide bonds. The quantitative estimate of drug-likeness (QED) is 0.524. The lowest BCUT2D eigenvalue weighted by Gasteiger charge is -2.27. The minimum Gasteiger partial charge on any atom is -0.494 e. The van der Waals surface area contributed by atoms with Crippen LogP contribution in [0.4, 0.5) is 10.1 Å². The van der Waals surface area contributed by atoms with Crippen LogP contribution in [0.3, 0.4) is 0 Å². The van der Waals surface area contributed by atoms with Crippen LogP contribution in [0.15, 0.2) is 42.7 Å². The van der Waals surface area contributed by atoms with Crippen LogP contribution in [0.25, 0.3) is 11.0 Å². The number of aromatic nitrogens is 4. The first-order chi connectivity index (χ1) is 15.0. The molecule has 0 bridgehead atoms. The predicted octanol–water partition coefficient (Wildman–Crippen LogP) is 4.28. The molecular weight excluding hydrogens is 397 g/mol. The smallest absolute Gasteiger partial charge is 0.280 e. The second-order valence-corrected chi connectivity index (χ2v) is 7.68. The van der Waals surface area contributed by atoms with E-state index in [4.69, 9.17) is 4.74 Å². The van der Waals surface area contributed by atoms with Gasteiger partial charge in [-0.1, -0.05) is 6.92 Å². The topological polar surface area (TPSA) is 76.0 Å². The van der Waals surface area contributed by atoms with Crippen LogP contribution >= 0.6 is 0 Å². The fourth-order valence-electron chi connectivity index (χ4n) is 4.14. The molecule has 1 aliphatic heterocycles. The zero-order valence-electron chi connectivity index (χ0n) is 17.5. The zero-order valence-corrected chi connectivity index (χ0v) is 17.5. The van der Waals surface area contributed by atoms with Gasteiger partial charge in [0.1, 0.15) is 11.6 Å². The molecule has 1 aliphatic rings. The molecule has 31 heavy (non-hydrogen) atoms. The molecule has 7 nitrogen and oxygen atoms in total. The van der Waals surface area contributed by atoms with Gasteiger partial charge in [0.2, 0.25) is 0 Å². The molecular formula is C23H22FN5O2. The van der Waals surface area contributed by atoms with Gasteiger partial charge in [-0.3, -0.25) is 14.4 Å². The van der Waals surface area contributed by atoms with Gasteiger partial charge in [-0.05, 0) is 43.7 Å². The number of aryl methyl sites for hydroxylation is 1. The summed E-state index contributed by atoms with van der Waals surface area (Å²) in [5.41, 5.74) is 4.52. The van der Waals surface area contributed by atoms with Crippen LogP contribution in [0.5, 0.6) is 5.75 Å². The molecule has 0 saturated carbocycles. The van der Waals surface area contributed by atoms with E-state index >= 15 is 4.39 Å². The van der Waals surface area contributed by atoms with Gasteiger partial charge in [-0.2, -0.15) is 5.10 Å². The third-order valence-corrected chi connectivity index (χ3v) is 5.76. The summed E-state index contributed by atoms with van der Waals surface area (Å²) in [6.45, 7) is 4.40. The number of nitrogens with zero attached hydrogens (tertiary/aromatic N) is 4. The Hall–Kier alpha value is -3.68. The molecule has 0 spiro atoms. The average Bonchev–Trinajstić information content (AvgIpc) is 3.42. The monoisotopic (exact) mass is 419 g/mol. The Morgan fingerprint density at radius 3 is 2.84 bits per heavy atom. The highest BCUT2D eigenvalue weighted by Gasteiger charge is 2.44. The van der Waals surface area contributed by atoms with Gasteiger partial charge < -0.3 is 9.72 Å². The van der Waals surface area contributed by atoms with Crippen LogP contribution in [0.1, 0.15) is 46.7 Å². The highest BCUT2D eigenvalue weighted by molar-refractivity contribution is 6.11. The minimum atomic E-state index is -0.632. The van der Waals surface area contributed by atoms with E-state index in [0.717, 1.165) is 28.7 Å². The van der Waals surface area contributed by atoms with Crippen molar-refractivity contribution in [1.82, 2.24) is 19.7 Å². The van der Waals surface area contributed by atoms with Gasteiger partial charge in [0, 0.05) is 35.6 Å². The van der Waals surface area contributed by atoms with Crippen LogP contribution in [-0.2, 0) is 7.05 Å². The van der Waals surface area contributed by atoms with E-state index in [9.17, 15) is 4.79 Å². The number of aromatic amines is 1. The lowest BCUT2D eigenvalue weighted by molar-refractivity contribution is 0.0988.